The summed E-state index contributed by atoms with van der Waals surface area (Å²) in [5.41, 5.74) is 1.38. The SMILES string of the molecule is O=C(COc1ccccc1)Nc1ccc(N2CCOC2=O)cc1. The third kappa shape index (κ3) is 3.79. The van der Waals surface area contributed by atoms with Crippen molar-refractivity contribution in [2.45, 2.75) is 0 Å². The Morgan fingerprint density at radius 1 is 1.13 bits per heavy atom. The molecule has 6 nitrogen and oxygen atoms in total. The fraction of sp³-hybridized carbons (Fsp3) is 0.176. The Morgan fingerprint density at radius 2 is 1.87 bits per heavy atom. The number of nitrogens with one attached hydrogen (secondary N) is 1. The number of carbonyl (C=O) groups is 2. The first-order chi connectivity index (χ1) is 11.2. The van der Waals surface area contributed by atoms with Crippen LogP contribution in [-0.2, 0) is 9.53 Å². The van der Waals surface area contributed by atoms with Gasteiger partial charge in [0.05, 0.1) is 6.54 Å². The van der Waals surface area contributed by atoms with Crippen LogP contribution < -0.4 is 15.0 Å². The molecule has 3 rings (SSSR count). The van der Waals surface area contributed by atoms with Crippen molar-refractivity contribution in [2.24, 2.45) is 0 Å². The van der Waals surface area contributed by atoms with Crippen LogP contribution in [-0.4, -0.2) is 31.8 Å². The van der Waals surface area contributed by atoms with Crippen molar-refractivity contribution in [1.82, 2.24) is 0 Å². The molecule has 0 radical (unpaired) electrons. The number of ether oxygens (including phenoxy) is 2. The number of rotatable bonds is 5. The van der Waals surface area contributed by atoms with Gasteiger partial charge in [0.2, 0.25) is 0 Å². The van der Waals surface area contributed by atoms with Gasteiger partial charge in [-0.05, 0) is 36.4 Å². The maximum absolute atomic E-state index is 11.9. The molecule has 0 saturated carbocycles. The molecular weight excluding hydrogens is 296 g/mol. The average Bonchev–Trinajstić information content (AvgIpc) is 3.01. The van der Waals surface area contributed by atoms with Crippen molar-refractivity contribution in [2.75, 3.05) is 30.0 Å². The van der Waals surface area contributed by atoms with E-state index in [2.05, 4.69) is 5.32 Å². The monoisotopic (exact) mass is 312 g/mol. The zero-order valence-corrected chi connectivity index (χ0v) is 12.4. The van der Waals surface area contributed by atoms with Crippen molar-refractivity contribution in [3.05, 3.63) is 54.6 Å². The minimum Gasteiger partial charge on any atom is -0.484 e. The van der Waals surface area contributed by atoms with E-state index < -0.39 is 0 Å². The lowest BCUT2D eigenvalue weighted by Gasteiger charge is -2.13. The second kappa shape index (κ2) is 6.83. The summed E-state index contributed by atoms with van der Waals surface area (Å²) in [5, 5.41) is 2.74. The average molecular weight is 312 g/mol. The Balaban J connectivity index is 1.53. The van der Waals surface area contributed by atoms with E-state index in [0.29, 0.717) is 24.6 Å². The minimum absolute atomic E-state index is 0.0653. The van der Waals surface area contributed by atoms with Gasteiger partial charge in [-0.2, -0.15) is 0 Å². The molecule has 6 heteroatoms. The van der Waals surface area contributed by atoms with E-state index in [9.17, 15) is 9.59 Å². The molecule has 1 heterocycles. The lowest BCUT2D eigenvalue weighted by Crippen LogP contribution is -2.23. The summed E-state index contributed by atoms with van der Waals surface area (Å²) in [5.74, 6) is 0.396. The molecule has 0 atom stereocenters. The van der Waals surface area contributed by atoms with Crippen LogP contribution in [0.3, 0.4) is 0 Å². The largest absolute Gasteiger partial charge is 0.484 e. The molecule has 0 bridgehead atoms. The van der Waals surface area contributed by atoms with Gasteiger partial charge in [0.1, 0.15) is 12.4 Å². The van der Waals surface area contributed by atoms with E-state index in [4.69, 9.17) is 9.47 Å². The summed E-state index contributed by atoms with van der Waals surface area (Å²) in [6.07, 6.45) is -0.349. The summed E-state index contributed by atoms with van der Waals surface area (Å²) >= 11 is 0. The number of cyclic esters (lactones) is 1. The normalized spacial score (nSPS) is 13.6. The summed E-state index contributed by atoms with van der Waals surface area (Å²) in [7, 11) is 0. The fourth-order valence-electron chi connectivity index (χ4n) is 2.22. The van der Waals surface area contributed by atoms with Crippen LogP contribution in [0.2, 0.25) is 0 Å². The highest BCUT2D eigenvalue weighted by Crippen LogP contribution is 2.21. The lowest BCUT2D eigenvalue weighted by atomic mass is 10.2. The van der Waals surface area contributed by atoms with Crippen LogP contribution in [0.1, 0.15) is 0 Å². The van der Waals surface area contributed by atoms with E-state index in [1.807, 2.05) is 18.2 Å². The van der Waals surface area contributed by atoms with Gasteiger partial charge in [0.15, 0.2) is 6.61 Å². The summed E-state index contributed by atoms with van der Waals surface area (Å²) in [6.45, 7) is 0.869. The predicted octanol–water partition coefficient (Wildman–Crippen LogP) is 2.66. The van der Waals surface area contributed by atoms with Gasteiger partial charge in [-0.25, -0.2) is 4.79 Å². The molecule has 118 valence electrons. The number of anilines is 2. The van der Waals surface area contributed by atoms with Crippen molar-refractivity contribution < 1.29 is 19.1 Å². The number of nitrogens with zero attached hydrogens (tertiary/aromatic N) is 1. The van der Waals surface area contributed by atoms with Crippen molar-refractivity contribution in [3.63, 3.8) is 0 Å². The summed E-state index contributed by atoms with van der Waals surface area (Å²) in [6, 6.07) is 16.1. The number of para-hydroxylation sites is 1. The maximum atomic E-state index is 11.9. The highest BCUT2D eigenvalue weighted by Gasteiger charge is 2.23. The molecule has 0 spiro atoms. The van der Waals surface area contributed by atoms with Crippen LogP contribution in [0, 0.1) is 0 Å². The van der Waals surface area contributed by atoms with Crippen LogP contribution >= 0.6 is 0 Å². The van der Waals surface area contributed by atoms with Crippen molar-refractivity contribution in [3.8, 4) is 5.75 Å². The first kappa shape index (κ1) is 14.9. The van der Waals surface area contributed by atoms with E-state index in [-0.39, 0.29) is 18.6 Å². The number of hydrogen-bond donors (Lipinski definition) is 1. The molecule has 0 aliphatic carbocycles. The van der Waals surface area contributed by atoms with Crippen LogP contribution in [0.25, 0.3) is 0 Å². The molecule has 1 saturated heterocycles. The maximum Gasteiger partial charge on any atom is 0.414 e. The predicted molar refractivity (Wildman–Crippen MR) is 85.7 cm³/mol. The molecule has 1 aliphatic heterocycles. The van der Waals surface area contributed by atoms with Crippen LogP contribution in [0.15, 0.2) is 54.6 Å². The quantitative estimate of drug-likeness (QED) is 0.921. The van der Waals surface area contributed by atoms with E-state index in [0.717, 1.165) is 5.69 Å². The molecule has 2 aromatic carbocycles. The third-order valence-electron chi connectivity index (χ3n) is 3.34. The molecule has 1 N–H and O–H groups in total. The van der Waals surface area contributed by atoms with Gasteiger partial charge in [0, 0.05) is 11.4 Å². The molecule has 2 amide bonds. The molecule has 2 aromatic rings. The topological polar surface area (TPSA) is 67.9 Å². The first-order valence-electron chi connectivity index (χ1n) is 7.24. The second-order valence-electron chi connectivity index (χ2n) is 4.96. The van der Waals surface area contributed by atoms with Gasteiger partial charge in [0.25, 0.3) is 5.91 Å². The Kier molecular flexibility index (Phi) is 4.42. The first-order valence-corrected chi connectivity index (χ1v) is 7.24. The molecule has 1 aliphatic rings. The van der Waals surface area contributed by atoms with E-state index in [1.165, 1.54) is 0 Å². The molecule has 1 fully saturated rings. The Labute approximate surface area is 133 Å². The van der Waals surface area contributed by atoms with Gasteiger partial charge in [-0.1, -0.05) is 18.2 Å². The Bertz CT molecular complexity index is 685. The standard InChI is InChI=1S/C17H16N2O4/c20-16(12-23-15-4-2-1-3-5-15)18-13-6-8-14(9-7-13)19-10-11-22-17(19)21/h1-9H,10-12H2,(H,18,20). The zero-order chi connectivity index (χ0) is 16.1. The fourth-order valence-corrected chi connectivity index (χ4v) is 2.22. The zero-order valence-electron chi connectivity index (χ0n) is 12.4. The molecule has 0 aromatic heterocycles. The van der Waals surface area contributed by atoms with Crippen molar-refractivity contribution in [1.29, 1.82) is 0 Å². The third-order valence-corrected chi connectivity index (χ3v) is 3.34. The van der Waals surface area contributed by atoms with Gasteiger partial charge in [-0.15, -0.1) is 0 Å². The minimum atomic E-state index is -0.349. The van der Waals surface area contributed by atoms with Gasteiger partial charge in [-0.3, -0.25) is 9.69 Å². The molecule has 0 unspecified atom stereocenters. The summed E-state index contributed by atoms with van der Waals surface area (Å²) in [4.78, 5) is 24.9. The van der Waals surface area contributed by atoms with Gasteiger partial charge >= 0.3 is 6.09 Å². The van der Waals surface area contributed by atoms with Crippen LogP contribution in [0.4, 0.5) is 16.2 Å². The summed E-state index contributed by atoms with van der Waals surface area (Å²) < 4.78 is 10.3. The number of carbonyl (C=O) groups excluding carboxylic acids is 2. The van der Waals surface area contributed by atoms with Gasteiger partial charge < -0.3 is 14.8 Å². The highest BCUT2D eigenvalue weighted by atomic mass is 16.6. The Hall–Kier alpha value is -3.02. The number of benzene rings is 2. The molecule has 23 heavy (non-hydrogen) atoms. The highest BCUT2D eigenvalue weighted by molar-refractivity contribution is 5.93. The molecular formula is C17H16N2O4. The van der Waals surface area contributed by atoms with E-state index >= 15 is 0 Å². The van der Waals surface area contributed by atoms with E-state index in [1.54, 1.807) is 41.3 Å². The van der Waals surface area contributed by atoms with Crippen molar-refractivity contribution >= 4 is 23.4 Å². The second-order valence-corrected chi connectivity index (χ2v) is 4.96. The number of hydrogen-bond acceptors (Lipinski definition) is 4. The Morgan fingerprint density at radius 3 is 2.52 bits per heavy atom. The lowest BCUT2D eigenvalue weighted by molar-refractivity contribution is -0.118. The smallest absolute Gasteiger partial charge is 0.414 e. The van der Waals surface area contributed by atoms with Crippen LogP contribution in [0.5, 0.6) is 5.75 Å². The number of amides is 2.